The fraction of sp³-hybridized carbons (Fsp3) is 0.189. The highest BCUT2D eigenvalue weighted by molar-refractivity contribution is 9.10. The van der Waals surface area contributed by atoms with Crippen molar-refractivity contribution >= 4 is 44.6 Å². The minimum atomic E-state index is -0.170. The van der Waals surface area contributed by atoms with Crippen molar-refractivity contribution in [3.63, 3.8) is 0 Å². The van der Waals surface area contributed by atoms with Crippen LogP contribution in [0.5, 0.6) is 0 Å². The maximum Gasteiger partial charge on any atom is 0.0540 e. The largest absolute Gasteiger partial charge is 0.310 e. The van der Waals surface area contributed by atoms with Crippen LogP contribution >= 0.6 is 27.5 Å². The Morgan fingerprint density at radius 3 is 1.88 bits per heavy atom. The first-order chi connectivity index (χ1) is 19.0. The lowest BCUT2D eigenvalue weighted by atomic mass is 9.78. The van der Waals surface area contributed by atoms with Crippen LogP contribution in [-0.4, -0.2) is 0 Å². The van der Waals surface area contributed by atoms with E-state index in [1.807, 2.05) is 12.1 Å². The first-order valence-corrected chi connectivity index (χ1v) is 14.8. The molecule has 0 spiro atoms. The maximum absolute atomic E-state index is 6.64. The van der Waals surface area contributed by atoms with Crippen LogP contribution in [-0.2, 0) is 10.8 Å². The third kappa shape index (κ3) is 5.89. The van der Waals surface area contributed by atoms with E-state index < -0.39 is 0 Å². The molecule has 40 heavy (non-hydrogen) atoms. The van der Waals surface area contributed by atoms with Gasteiger partial charge in [-0.2, -0.15) is 0 Å². The van der Waals surface area contributed by atoms with E-state index in [0.29, 0.717) is 5.02 Å². The predicted molar refractivity (Wildman–Crippen MR) is 177 cm³/mol. The van der Waals surface area contributed by atoms with E-state index in [1.54, 1.807) is 0 Å². The van der Waals surface area contributed by atoms with Gasteiger partial charge in [0.1, 0.15) is 0 Å². The van der Waals surface area contributed by atoms with E-state index in [4.69, 9.17) is 11.6 Å². The summed E-state index contributed by atoms with van der Waals surface area (Å²) >= 11 is 10.3. The summed E-state index contributed by atoms with van der Waals surface area (Å²) in [6, 6.07) is 43.2. The summed E-state index contributed by atoms with van der Waals surface area (Å²) in [5.41, 5.74) is 9.20. The zero-order chi connectivity index (χ0) is 28.5. The molecule has 0 fully saturated rings. The van der Waals surface area contributed by atoms with Gasteiger partial charge in [0.15, 0.2) is 0 Å². The second kappa shape index (κ2) is 11.3. The summed E-state index contributed by atoms with van der Waals surface area (Å²) in [5.74, 6) is 0. The summed E-state index contributed by atoms with van der Waals surface area (Å²) in [5, 5.41) is 0.683. The molecule has 5 aromatic carbocycles. The standard InChI is InChI=1S/C37H35BrClN/c1-36(2,3)28-19-20-35(34(22-28)26-13-8-6-9-14-26)40(33-24-30(38)23-31(39)25-33)32-18-12-17-29(21-32)37(4,5)27-15-10-7-11-16-27/h6-25H,1-5H3. The molecule has 0 amide bonds. The van der Waals surface area contributed by atoms with Crippen molar-refractivity contribution in [2.75, 3.05) is 4.90 Å². The molecule has 0 aliphatic heterocycles. The molecule has 0 bridgehead atoms. The van der Waals surface area contributed by atoms with Gasteiger partial charge in [0.25, 0.3) is 0 Å². The van der Waals surface area contributed by atoms with Crippen LogP contribution in [0.2, 0.25) is 5.02 Å². The van der Waals surface area contributed by atoms with Crippen LogP contribution in [0.3, 0.4) is 0 Å². The molecule has 0 aliphatic rings. The Morgan fingerprint density at radius 1 is 0.575 bits per heavy atom. The Balaban J connectivity index is 1.77. The minimum Gasteiger partial charge on any atom is -0.310 e. The number of hydrogen-bond donors (Lipinski definition) is 0. The number of benzene rings is 5. The second-order valence-corrected chi connectivity index (χ2v) is 13.2. The Morgan fingerprint density at radius 2 is 1.23 bits per heavy atom. The molecule has 5 rings (SSSR count). The molecule has 202 valence electrons. The highest BCUT2D eigenvalue weighted by Gasteiger charge is 2.26. The smallest absolute Gasteiger partial charge is 0.0540 e. The van der Waals surface area contributed by atoms with Gasteiger partial charge in [-0.25, -0.2) is 0 Å². The lowest BCUT2D eigenvalue weighted by molar-refractivity contribution is 0.590. The number of rotatable bonds is 6. The van der Waals surface area contributed by atoms with Crippen LogP contribution in [0.25, 0.3) is 11.1 Å². The molecule has 3 heteroatoms. The van der Waals surface area contributed by atoms with Crippen molar-refractivity contribution in [2.45, 2.75) is 45.4 Å². The molecule has 0 unspecified atom stereocenters. The Hall–Kier alpha value is -3.33. The van der Waals surface area contributed by atoms with Gasteiger partial charge >= 0.3 is 0 Å². The minimum absolute atomic E-state index is 0.0194. The molecule has 0 atom stereocenters. The number of halogens is 2. The van der Waals surface area contributed by atoms with Gasteiger partial charge in [0, 0.05) is 31.8 Å². The maximum atomic E-state index is 6.64. The topological polar surface area (TPSA) is 3.24 Å². The van der Waals surface area contributed by atoms with Gasteiger partial charge in [0.2, 0.25) is 0 Å². The van der Waals surface area contributed by atoms with E-state index in [-0.39, 0.29) is 10.8 Å². The molecule has 0 aliphatic carbocycles. The van der Waals surface area contributed by atoms with Gasteiger partial charge in [-0.3, -0.25) is 0 Å². The van der Waals surface area contributed by atoms with Crippen LogP contribution < -0.4 is 4.90 Å². The van der Waals surface area contributed by atoms with Crippen molar-refractivity contribution in [1.82, 2.24) is 0 Å². The van der Waals surface area contributed by atoms with Crippen molar-refractivity contribution in [1.29, 1.82) is 0 Å². The molecule has 0 saturated heterocycles. The zero-order valence-corrected chi connectivity index (χ0v) is 26.1. The SMILES string of the molecule is CC(C)(C)c1ccc(N(c2cc(Cl)cc(Br)c2)c2cccc(C(C)(C)c3ccccc3)c2)c(-c2ccccc2)c1. The number of nitrogens with zero attached hydrogens (tertiary/aromatic N) is 1. The first-order valence-electron chi connectivity index (χ1n) is 13.7. The molecular weight excluding hydrogens is 574 g/mol. The number of hydrogen-bond acceptors (Lipinski definition) is 1. The summed E-state index contributed by atoms with van der Waals surface area (Å²) < 4.78 is 0.938. The van der Waals surface area contributed by atoms with Crippen molar-refractivity contribution < 1.29 is 0 Å². The van der Waals surface area contributed by atoms with Crippen molar-refractivity contribution in [3.05, 3.63) is 148 Å². The third-order valence-electron chi connectivity index (χ3n) is 7.62. The van der Waals surface area contributed by atoms with Crippen LogP contribution in [0, 0.1) is 0 Å². The van der Waals surface area contributed by atoms with Gasteiger partial charge in [-0.1, -0.05) is 141 Å². The van der Waals surface area contributed by atoms with Crippen LogP contribution in [0.15, 0.2) is 126 Å². The summed E-state index contributed by atoms with van der Waals surface area (Å²) in [4.78, 5) is 2.33. The average molecular weight is 609 g/mol. The van der Waals surface area contributed by atoms with Crippen LogP contribution in [0.1, 0.15) is 51.3 Å². The molecule has 0 radical (unpaired) electrons. The summed E-state index contributed by atoms with van der Waals surface area (Å²) in [7, 11) is 0. The lowest BCUT2D eigenvalue weighted by Gasteiger charge is -2.32. The van der Waals surface area contributed by atoms with Crippen LogP contribution in [0.4, 0.5) is 17.1 Å². The Kier molecular flexibility index (Phi) is 7.95. The van der Waals surface area contributed by atoms with Gasteiger partial charge in [0.05, 0.1) is 5.69 Å². The molecular formula is C37H35BrClN. The molecule has 0 aromatic heterocycles. The van der Waals surface area contributed by atoms with Crippen molar-refractivity contribution in [3.8, 4) is 11.1 Å². The molecule has 0 N–H and O–H groups in total. The highest BCUT2D eigenvalue weighted by atomic mass is 79.9. The normalized spacial score (nSPS) is 11.9. The highest BCUT2D eigenvalue weighted by Crippen LogP contribution is 2.45. The molecule has 0 heterocycles. The molecule has 1 nitrogen and oxygen atoms in total. The average Bonchev–Trinajstić information content (AvgIpc) is 2.93. The van der Waals surface area contributed by atoms with E-state index in [9.17, 15) is 0 Å². The van der Waals surface area contributed by atoms with Crippen molar-refractivity contribution in [2.24, 2.45) is 0 Å². The quantitative estimate of drug-likeness (QED) is 0.185. The van der Waals surface area contributed by atoms with E-state index in [0.717, 1.165) is 21.5 Å². The first kappa shape index (κ1) is 28.2. The fourth-order valence-corrected chi connectivity index (χ4v) is 6.04. The van der Waals surface area contributed by atoms with E-state index in [1.165, 1.54) is 27.8 Å². The Bertz CT molecular complexity index is 1600. The van der Waals surface area contributed by atoms with E-state index in [2.05, 4.69) is 165 Å². The fourth-order valence-electron chi connectivity index (χ4n) is 5.20. The third-order valence-corrected chi connectivity index (χ3v) is 8.29. The molecule has 5 aromatic rings. The number of anilines is 3. The summed E-state index contributed by atoms with van der Waals surface area (Å²) in [6.07, 6.45) is 0. The van der Waals surface area contributed by atoms with Gasteiger partial charge in [-0.15, -0.1) is 0 Å². The monoisotopic (exact) mass is 607 g/mol. The summed E-state index contributed by atoms with van der Waals surface area (Å²) in [6.45, 7) is 11.4. The zero-order valence-electron chi connectivity index (χ0n) is 23.8. The van der Waals surface area contributed by atoms with Gasteiger partial charge < -0.3 is 4.90 Å². The van der Waals surface area contributed by atoms with Gasteiger partial charge in [-0.05, 0) is 70.1 Å². The van der Waals surface area contributed by atoms with E-state index >= 15 is 0 Å². The lowest BCUT2D eigenvalue weighted by Crippen LogP contribution is -2.20. The predicted octanol–water partition coefficient (Wildman–Crippen LogP) is 11.9. The Labute approximate surface area is 252 Å². The second-order valence-electron chi connectivity index (χ2n) is 11.9. The molecule has 0 saturated carbocycles.